The first-order valence-electron chi connectivity index (χ1n) is 7.73. The molecule has 1 aliphatic heterocycles. The summed E-state index contributed by atoms with van der Waals surface area (Å²) in [7, 11) is 0. The highest BCUT2D eigenvalue weighted by molar-refractivity contribution is 5.96. The van der Waals surface area contributed by atoms with E-state index < -0.39 is 29.0 Å². The van der Waals surface area contributed by atoms with Crippen molar-refractivity contribution in [3.8, 4) is 0 Å². The molecule has 2 amide bonds. The molecule has 1 fully saturated rings. The van der Waals surface area contributed by atoms with Crippen LogP contribution in [0.5, 0.6) is 0 Å². The van der Waals surface area contributed by atoms with Gasteiger partial charge in [0.1, 0.15) is 11.6 Å². The number of halogens is 2. The fourth-order valence-electron chi connectivity index (χ4n) is 2.96. The van der Waals surface area contributed by atoms with Crippen molar-refractivity contribution < 1.29 is 23.1 Å². The van der Waals surface area contributed by atoms with E-state index in [-0.39, 0.29) is 23.8 Å². The molecule has 1 aliphatic rings. The van der Waals surface area contributed by atoms with Crippen LogP contribution in [0, 0.1) is 11.6 Å². The number of hydrogen-bond donors (Lipinski definition) is 2. The molecule has 24 heavy (non-hydrogen) atoms. The van der Waals surface area contributed by atoms with E-state index >= 15 is 0 Å². The van der Waals surface area contributed by atoms with Gasteiger partial charge < -0.3 is 15.4 Å². The van der Waals surface area contributed by atoms with E-state index in [0.29, 0.717) is 12.5 Å². The third-order valence-corrected chi connectivity index (χ3v) is 3.99. The molecule has 0 spiro atoms. The Morgan fingerprint density at radius 2 is 1.92 bits per heavy atom. The van der Waals surface area contributed by atoms with Crippen molar-refractivity contribution in [3.63, 3.8) is 0 Å². The molecule has 7 heteroatoms. The second kappa shape index (κ2) is 6.47. The summed E-state index contributed by atoms with van der Waals surface area (Å²) in [5.74, 6) is -2.91. The highest BCUT2D eigenvalue weighted by Crippen LogP contribution is 2.37. The maximum atomic E-state index is 13.5. The summed E-state index contributed by atoms with van der Waals surface area (Å²) in [6, 6.07) is 2.45. The average Bonchev–Trinajstić information content (AvgIpc) is 2.63. The maximum absolute atomic E-state index is 13.5. The molecular formula is C17H22F2N2O3. The summed E-state index contributed by atoms with van der Waals surface area (Å²) in [5.41, 5.74) is -1.18. The van der Waals surface area contributed by atoms with E-state index in [2.05, 4.69) is 10.6 Å². The number of carbonyl (C=O) groups excluding carboxylic acids is 2. The van der Waals surface area contributed by atoms with Gasteiger partial charge in [-0.15, -0.1) is 0 Å². The fourth-order valence-corrected chi connectivity index (χ4v) is 2.96. The normalized spacial score (nSPS) is 21.3. The predicted octanol–water partition coefficient (Wildman–Crippen LogP) is 2.16. The van der Waals surface area contributed by atoms with Gasteiger partial charge in [-0.3, -0.25) is 9.59 Å². The van der Waals surface area contributed by atoms with Crippen molar-refractivity contribution in [2.45, 2.75) is 51.4 Å². The van der Waals surface area contributed by atoms with Gasteiger partial charge in [0, 0.05) is 6.07 Å². The minimum Gasteiger partial charge on any atom is -0.367 e. The van der Waals surface area contributed by atoms with Gasteiger partial charge in [-0.05, 0) is 46.2 Å². The van der Waals surface area contributed by atoms with Crippen molar-refractivity contribution in [1.82, 2.24) is 10.6 Å². The van der Waals surface area contributed by atoms with Crippen molar-refractivity contribution in [1.29, 1.82) is 0 Å². The lowest BCUT2D eigenvalue weighted by molar-refractivity contribution is -0.122. The van der Waals surface area contributed by atoms with Crippen LogP contribution in [0.15, 0.2) is 18.2 Å². The Labute approximate surface area is 139 Å². The summed E-state index contributed by atoms with van der Waals surface area (Å²) in [6.07, 6.45) is 0.645. The van der Waals surface area contributed by atoms with E-state index in [0.717, 1.165) is 12.1 Å². The monoisotopic (exact) mass is 340 g/mol. The molecule has 1 aromatic carbocycles. The third kappa shape index (κ3) is 4.29. The van der Waals surface area contributed by atoms with Gasteiger partial charge in [-0.25, -0.2) is 8.78 Å². The van der Waals surface area contributed by atoms with Crippen molar-refractivity contribution in [2.24, 2.45) is 0 Å². The predicted molar refractivity (Wildman–Crippen MR) is 84.5 cm³/mol. The van der Waals surface area contributed by atoms with Crippen molar-refractivity contribution in [3.05, 3.63) is 35.4 Å². The number of benzene rings is 1. The smallest absolute Gasteiger partial charge is 0.254 e. The number of rotatable bonds is 4. The van der Waals surface area contributed by atoms with Crippen LogP contribution in [0.1, 0.15) is 44.5 Å². The number of carbonyl (C=O) groups is 2. The molecule has 2 rings (SSSR count). The third-order valence-electron chi connectivity index (χ3n) is 3.99. The van der Waals surface area contributed by atoms with E-state index in [9.17, 15) is 18.4 Å². The first-order valence-corrected chi connectivity index (χ1v) is 7.73. The van der Waals surface area contributed by atoms with Gasteiger partial charge in [-0.2, -0.15) is 0 Å². The number of hydrogen-bond acceptors (Lipinski definition) is 3. The van der Waals surface area contributed by atoms with Crippen LogP contribution in [-0.2, 0) is 9.53 Å². The second-order valence-corrected chi connectivity index (χ2v) is 7.10. The summed E-state index contributed by atoms with van der Waals surface area (Å²) < 4.78 is 32.2. The quantitative estimate of drug-likeness (QED) is 0.883. The van der Waals surface area contributed by atoms with Crippen LogP contribution in [0.4, 0.5) is 8.78 Å². The Bertz CT molecular complexity index is 659. The van der Waals surface area contributed by atoms with Gasteiger partial charge in [-0.1, -0.05) is 0 Å². The molecule has 0 radical (unpaired) electrons. The molecule has 0 saturated carbocycles. The minimum atomic E-state index is -0.972. The largest absolute Gasteiger partial charge is 0.367 e. The van der Waals surface area contributed by atoms with E-state index in [1.165, 1.54) is 0 Å². The number of amides is 2. The summed E-state index contributed by atoms with van der Waals surface area (Å²) in [4.78, 5) is 23.9. The zero-order valence-corrected chi connectivity index (χ0v) is 14.2. The standard InChI is InChI=1S/C17H22F2N2O3/c1-16(2)8-13(17(3,4)24-16)21-14(22)9-20-15(23)11-6-5-10(18)7-12(11)19/h5-7,13H,8-9H2,1-4H3,(H,20,23)(H,21,22). The lowest BCUT2D eigenvalue weighted by Crippen LogP contribution is -2.49. The molecule has 0 aliphatic carbocycles. The molecule has 1 saturated heterocycles. The summed E-state index contributed by atoms with van der Waals surface area (Å²) in [6.45, 7) is 7.36. The molecule has 5 nitrogen and oxygen atoms in total. The number of ether oxygens (including phenoxy) is 1. The molecule has 2 N–H and O–H groups in total. The van der Waals surface area contributed by atoms with Crippen LogP contribution < -0.4 is 10.6 Å². The van der Waals surface area contributed by atoms with Gasteiger partial charge >= 0.3 is 0 Å². The molecule has 132 valence electrons. The SMILES string of the molecule is CC1(C)CC(NC(=O)CNC(=O)c2ccc(F)cc2F)C(C)(C)O1. The second-order valence-electron chi connectivity index (χ2n) is 7.10. The first-order chi connectivity index (χ1) is 11.0. The lowest BCUT2D eigenvalue weighted by atomic mass is 9.94. The Morgan fingerprint density at radius 3 is 2.46 bits per heavy atom. The van der Waals surface area contributed by atoms with Crippen LogP contribution >= 0.6 is 0 Å². The van der Waals surface area contributed by atoms with E-state index in [1.54, 1.807) is 0 Å². The Kier molecular flexibility index (Phi) is 4.94. The number of nitrogens with one attached hydrogen (secondary N) is 2. The molecule has 1 heterocycles. The average molecular weight is 340 g/mol. The Balaban J connectivity index is 1.90. The summed E-state index contributed by atoms with van der Waals surface area (Å²) >= 11 is 0. The van der Waals surface area contributed by atoms with Crippen molar-refractivity contribution >= 4 is 11.8 Å². The highest BCUT2D eigenvalue weighted by Gasteiger charge is 2.46. The summed E-state index contributed by atoms with van der Waals surface area (Å²) in [5, 5.41) is 5.15. The molecule has 1 aromatic rings. The van der Waals surface area contributed by atoms with Gasteiger partial charge in [0.25, 0.3) is 5.91 Å². The van der Waals surface area contributed by atoms with Crippen LogP contribution in [-0.4, -0.2) is 35.6 Å². The van der Waals surface area contributed by atoms with E-state index in [4.69, 9.17) is 4.74 Å². The minimum absolute atomic E-state index is 0.195. The van der Waals surface area contributed by atoms with E-state index in [1.807, 2.05) is 27.7 Å². The lowest BCUT2D eigenvalue weighted by Gasteiger charge is -2.27. The first kappa shape index (κ1) is 18.3. The highest BCUT2D eigenvalue weighted by atomic mass is 19.1. The van der Waals surface area contributed by atoms with Crippen molar-refractivity contribution in [2.75, 3.05) is 6.54 Å². The Hall–Kier alpha value is -2.02. The molecule has 0 bridgehead atoms. The van der Waals surface area contributed by atoms with Crippen LogP contribution in [0.2, 0.25) is 0 Å². The Morgan fingerprint density at radius 1 is 1.25 bits per heavy atom. The maximum Gasteiger partial charge on any atom is 0.254 e. The topological polar surface area (TPSA) is 67.4 Å². The van der Waals surface area contributed by atoms with Gasteiger partial charge in [0.15, 0.2) is 0 Å². The van der Waals surface area contributed by atoms with Gasteiger partial charge in [0.05, 0.1) is 29.4 Å². The van der Waals surface area contributed by atoms with Crippen LogP contribution in [0.25, 0.3) is 0 Å². The molecular weight excluding hydrogens is 318 g/mol. The zero-order valence-electron chi connectivity index (χ0n) is 14.2. The fraction of sp³-hybridized carbons (Fsp3) is 0.529. The zero-order chi connectivity index (χ0) is 18.1. The van der Waals surface area contributed by atoms with Gasteiger partial charge in [0.2, 0.25) is 5.91 Å². The molecule has 1 unspecified atom stereocenters. The van der Waals surface area contributed by atoms with Crippen LogP contribution in [0.3, 0.4) is 0 Å². The molecule has 1 atom stereocenters. The molecule has 0 aromatic heterocycles.